The molecule has 1 aliphatic heterocycles. The number of carbonyl (C=O) groups is 1. The van der Waals surface area contributed by atoms with E-state index in [0.717, 1.165) is 35.9 Å². The van der Waals surface area contributed by atoms with Crippen LogP contribution >= 0.6 is 11.6 Å². The predicted octanol–water partition coefficient (Wildman–Crippen LogP) is 1.97. The van der Waals surface area contributed by atoms with Crippen molar-refractivity contribution in [1.29, 1.82) is 0 Å². The number of amides is 1. The lowest BCUT2D eigenvalue weighted by Crippen LogP contribution is -2.49. The number of carbonyl (C=O) groups excluding carboxylic acids is 1. The quantitative estimate of drug-likeness (QED) is 0.932. The summed E-state index contributed by atoms with van der Waals surface area (Å²) in [4.78, 5) is 20.9. The number of hydrogen-bond donors (Lipinski definition) is 1. The van der Waals surface area contributed by atoms with E-state index in [1.165, 1.54) is 0 Å². The molecule has 1 N–H and O–H groups in total. The third-order valence-electron chi connectivity index (χ3n) is 4.28. The summed E-state index contributed by atoms with van der Waals surface area (Å²) in [6.07, 6.45) is 2.14. The van der Waals surface area contributed by atoms with Crippen molar-refractivity contribution in [2.75, 3.05) is 31.1 Å². The maximum atomic E-state index is 12.5. The zero-order valence-electron chi connectivity index (χ0n) is 13.3. The maximum Gasteiger partial charge on any atom is 0.227 e. The minimum atomic E-state index is 0.143. The number of aromatic nitrogens is 3. The Morgan fingerprint density at radius 1 is 1.30 bits per heavy atom. The van der Waals surface area contributed by atoms with Crippen LogP contribution in [-0.2, 0) is 11.2 Å². The number of piperazine rings is 1. The molecule has 6 nitrogen and oxygen atoms in total. The van der Waals surface area contributed by atoms with E-state index in [1.807, 2.05) is 30.9 Å². The number of nitrogens with zero attached hydrogens (tertiary/aromatic N) is 4. The molecule has 1 saturated heterocycles. The molecule has 1 aliphatic rings. The Labute approximate surface area is 140 Å². The normalized spacial score (nSPS) is 15.1. The third-order valence-corrected chi connectivity index (χ3v) is 4.57. The van der Waals surface area contributed by atoms with Crippen molar-refractivity contribution < 1.29 is 4.79 Å². The van der Waals surface area contributed by atoms with Gasteiger partial charge in [-0.15, -0.1) is 0 Å². The molecule has 0 aliphatic carbocycles. The molecule has 0 bridgehead atoms. The van der Waals surface area contributed by atoms with Crippen molar-refractivity contribution in [3.63, 3.8) is 0 Å². The number of aryl methyl sites for hydroxylation is 2. The van der Waals surface area contributed by atoms with E-state index < -0.39 is 0 Å². The van der Waals surface area contributed by atoms with Crippen molar-refractivity contribution >= 4 is 23.3 Å². The highest BCUT2D eigenvalue weighted by Crippen LogP contribution is 2.23. The standard InChI is InChI=1S/C16H20ClN5O/c1-11-13(12(2)20-19-11)10-15(23)21-6-8-22(9-7-21)16-14(17)4-3-5-18-16/h3-5H,6-10H2,1-2H3,(H,19,20). The molecule has 1 amide bonds. The second-order valence-corrected chi connectivity index (χ2v) is 6.17. The molecular formula is C16H20ClN5O. The Hall–Kier alpha value is -2.08. The van der Waals surface area contributed by atoms with Gasteiger partial charge in [0.05, 0.1) is 17.1 Å². The number of nitrogens with one attached hydrogen (secondary N) is 1. The molecule has 0 saturated carbocycles. The average molecular weight is 334 g/mol. The molecule has 3 heterocycles. The second kappa shape index (κ2) is 6.58. The van der Waals surface area contributed by atoms with Crippen LogP contribution in [0, 0.1) is 13.8 Å². The Balaban J connectivity index is 1.61. The van der Waals surface area contributed by atoms with E-state index in [4.69, 9.17) is 11.6 Å². The molecule has 0 spiro atoms. The topological polar surface area (TPSA) is 65.1 Å². The summed E-state index contributed by atoms with van der Waals surface area (Å²) in [5.41, 5.74) is 2.87. The van der Waals surface area contributed by atoms with Gasteiger partial charge >= 0.3 is 0 Å². The molecule has 0 radical (unpaired) electrons. The summed E-state index contributed by atoms with van der Waals surface area (Å²) in [5, 5.41) is 7.73. The fourth-order valence-electron chi connectivity index (χ4n) is 2.88. The Bertz CT molecular complexity index is 687. The number of H-pyrrole nitrogens is 1. The van der Waals surface area contributed by atoms with Gasteiger partial charge in [0.2, 0.25) is 5.91 Å². The van der Waals surface area contributed by atoms with Gasteiger partial charge in [0.15, 0.2) is 0 Å². The highest BCUT2D eigenvalue weighted by atomic mass is 35.5. The van der Waals surface area contributed by atoms with Gasteiger partial charge in [0.1, 0.15) is 5.82 Å². The van der Waals surface area contributed by atoms with E-state index in [0.29, 0.717) is 24.5 Å². The van der Waals surface area contributed by atoms with Gasteiger partial charge in [-0.2, -0.15) is 5.10 Å². The van der Waals surface area contributed by atoms with Crippen molar-refractivity contribution in [2.24, 2.45) is 0 Å². The van der Waals surface area contributed by atoms with Crippen molar-refractivity contribution in [3.8, 4) is 0 Å². The van der Waals surface area contributed by atoms with Gasteiger partial charge in [-0.05, 0) is 26.0 Å². The van der Waals surface area contributed by atoms with E-state index in [1.54, 1.807) is 6.20 Å². The van der Waals surface area contributed by atoms with Gasteiger partial charge in [0, 0.05) is 43.6 Å². The smallest absolute Gasteiger partial charge is 0.227 e. The third kappa shape index (κ3) is 3.32. The first kappa shape index (κ1) is 15.8. The first-order chi connectivity index (χ1) is 11.1. The van der Waals surface area contributed by atoms with Crippen LogP contribution in [0.15, 0.2) is 18.3 Å². The summed E-state index contributed by atoms with van der Waals surface area (Å²) in [5.74, 6) is 0.937. The van der Waals surface area contributed by atoms with Gasteiger partial charge in [-0.1, -0.05) is 11.6 Å². The molecule has 3 rings (SSSR count). The van der Waals surface area contributed by atoms with E-state index >= 15 is 0 Å². The molecule has 23 heavy (non-hydrogen) atoms. The van der Waals surface area contributed by atoms with E-state index in [2.05, 4.69) is 20.1 Å². The SMILES string of the molecule is Cc1n[nH]c(C)c1CC(=O)N1CCN(c2ncccc2Cl)CC1. The number of hydrogen-bond acceptors (Lipinski definition) is 4. The molecular weight excluding hydrogens is 314 g/mol. The zero-order valence-corrected chi connectivity index (χ0v) is 14.1. The predicted molar refractivity (Wildman–Crippen MR) is 89.8 cm³/mol. The highest BCUT2D eigenvalue weighted by Gasteiger charge is 2.24. The van der Waals surface area contributed by atoms with Gasteiger partial charge < -0.3 is 9.80 Å². The van der Waals surface area contributed by atoms with Crippen molar-refractivity contribution in [2.45, 2.75) is 20.3 Å². The summed E-state index contributed by atoms with van der Waals surface area (Å²) in [6, 6.07) is 3.66. The van der Waals surface area contributed by atoms with Crippen LogP contribution in [0.4, 0.5) is 5.82 Å². The number of rotatable bonds is 3. The largest absolute Gasteiger partial charge is 0.352 e. The highest BCUT2D eigenvalue weighted by molar-refractivity contribution is 6.32. The fraction of sp³-hybridized carbons (Fsp3) is 0.438. The Morgan fingerprint density at radius 2 is 2.04 bits per heavy atom. The van der Waals surface area contributed by atoms with Crippen LogP contribution in [-0.4, -0.2) is 52.2 Å². The number of anilines is 1. The van der Waals surface area contributed by atoms with Gasteiger partial charge in [-0.3, -0.25) is 9.89 Å². The lowest BCUT2D eigenvalue weighted by atomic mass is 10.1. The molecule has 122 valence electrons. The van der Waals surface area contributed by atoms with Crippen molar-refractivity contribution in [1.82, 2.24) is 20.1 Å². The molecule has 1 fully saturated rings. The molecule has 2 aromatic rings. The van der Waals surface area contributed by atoms with Crippen LogP contribution in [0.2, 0.25) is 5.02 Å². The summed E-state index contributed by atoms with van der Waals surface area (Å²) >= 11 is 6.19. The van der Waals surface area contributed by atoms with Crippen LogP contribution in [0.25, 0.3) is 0 Å². The summed E-state index contributed by atoms with van der Waals surface area (Å²) in [7, 11) is 0. The van der Waals surface area contributed by atoms with Crippen LogP contribution in [0.1, 0.15) is 17.0 Å². The summed E-state index contributed by atoms with van der Waals surface area (Å²) < 4.78 is 0. The van der Waals surface area contributed by atoms with Crippen LogP contribution in [0.3, 0.4) is 0 Å². The van der Waals surface area contributed by atoms with Crippen LogP contribution in [0.5, 0.6) is 0 Å². The number of halogens is 1. The molecule has 0 aromatic carbocycles. The van der Waals surface area contributed by atoms with Gasteiger partial charge in [0.25, 0.3) is 0 Å². The Kier molecular flexibility index (Phi) is 4.52. The molecule has 0 atom stereocenters. The lowest BCUT2D eigenvalue weighted by Gasteiger charge is -2.35. The fourth-order valence-corrected chi connectivity index (χ4v) is 3.12. The maximum absolute atomic E-state index is 12.5. The van der Waals surface area contributed by atoms with Crippen molar-refractivity contribution in [3.05, 3.63) is 40.3 Å². The minimum absolute atomic E-state index is 0.143. The molecule has 7 heteroatoms. The monoisotopic (exact) mass is 333 g/mol. The molecule has 2 aromatic heterocycles. The van der Waals surface area contributed by atoms with Gasteiger partial charge in [-0.25, -0.2) is 4.98 Å². The van der Waals surface area contributed by atoms with Crippen LogP contribution < -0.4 is 4.90 Å². The Morgan fingerprint density at radius 3 is 2.65 bits per heavy atom. The average Bonchev–Trinajstić information content (AvgIpc) is 2.87. The zero-order chi connectivity index (χ0) is 16.4. The van der Waals surface area contributed by atoms with E-state index in [9.17, 15) is 4.79 Å². The summed E-state index contributed by atoms with van der Waals surface area (Å²) in [6.45, 7) is 6.72. The molecule has 0 unspecified atom stereocenters. The first-order valence-corrected chi connectivity index (χ1v) is 8.07. The van der Waals surface area contributed by atoms with E-state index in [-0.39, 0.29) is 5.91 Å². The first-order valence-electron chi connectivity index (χ1n) is 7.70. The minimum Gasteiger partial charge on any atom is -0.352 e. The number of aromatic amines is 1. The second-order valence-electron chi connectivity index (χ2n) is 5.77. The number of pyridine rings is 1. The lowest BCUT2D eigenvalue weighted by molar-refractivity contribution is -0.130.